The Hall–Kier alpha value is -3.00. The molecule has 3 aromatic rings. The Morgan fingerprint density at radius 1 is 1.19 bits per heavy atom. The number of hydrogen-bond donors (Lipinski definition) is 0. The number of carbonyl (C=O) groups is 1. The normalized spacial score (nSPS) is 13.3. The van der Waals surface area contributed by atoms with Crippen LogP contribution in [0.25, 0.3) is 10.9 Å². The van der Waals surface area contributed by atoms with Crippen molar-refractivity contribution in [2.45, 2.75) is 46.1 Å². The van der Waals surface area contributed by atoms with Crippen LogP contribution in [-0.4, -0.2) is 34.6 Å². The summed E-state index contributed by atoms with van der Waals surface area (Å²) in [5.74, 6) is 0.808. The lowest BCUT2D eigenvalue weighted by Crippen LogP contribution is -2.26. The van der Waals surface area contributed by atoms with E-state index in [1.165, 1.54) is 4.68 Å². The van der Waals surface area contributed by atoms with E-state index in [0.29, 0.717) is 29.1 Å². The van der Waals surface area contributed by atoms with Gasteiger partial charge >= 0.3 is 5.97 Å². The van der Waals surface area contributed by atoms with Gasteiger partial charge in [0.25, 0.3) is 5.56 Å². The van der Waals surface area contributed by atoms with Gasteiger partial charge in [0.05, 0.1) is 23.7 Å². The molecule has 0 N–H and O–H groups in total. The van der Waals surface area contributed by atoms with Crippen molar-refractivity contribution in [1.82, 2.24) is 9.66 Å². The van der Waals surface area contributed by atoms with Gasteiger partial charge in [-0.3, -0.25) is 4.79 Å². The molecule has 3 rings (SSSR count). The first-order valence-corrected chi connectivity index (χ1v) is 11.3. The monoisotopic (exact) mass is 499 g/mol. The summed E-state index contributed by atoms with van der Waals surface area (Å²) in [4.78, 5) is 29.6. The fraction of sp³-hybridized carbons (Fsp3) is 0.333. The fourth-order valence-corrected chi connectivity index (χ4v) is 3.41. The predicted octanol–water partition coefficient (Wildman–Crippen LogP) is 4.89. The molecule has 7 nitrogen and oxygen atoms in total. The van der Waals surface area contributed by atoms with E-state index in [1.807, 2.05) is 26.0 Å². The maximum Gasteiger partial charge on any atom is 0.347 e. The summed E-state index contributed by atoms with van der Waals surface area (Å²) in [5.41, 5.74) is 1.21. The summed E-state index contributed by atoms with van der Waals surface area (Å²) in [7, 11) is 0. The molecule has 0 unspecified atom stereocenters. The minimum atomic E-state index is -0.700. The average Bonchev–Trinajstić information content (AvgIpc) is 2.79. The molecule has 2 aromatic carbocycles. The Kier molecular flexibility index (Phi) is 7.80. The van der Waals surface area contributed by atoms with Crippen LogP contribution in [0.1, 0.15) is 51.4 Å². The van der Waals surface area contributed by atoms with Crippen LogP contribution in [-0.2, 0) is 9.53 Å². The first-order valence-electron chi connectivity index (χ1n) is 10.5. The third-order valence-electron chi connectivity index (χ3n) is 5.02. The van der Waals surface area contributed by atoms with Crippen LogP contribution >= 0.6 is 15.9 Å². The second-order valence-electron chi connectivity index (χ2n) is 7.38. The maximum atomic E-state index is 13.2. The lowest BCUT2D eigenvalue weighted by atomic mass is 10.1. The van der Waals surface area contributed by atoms with Gasteiger partial charge in [-0.2, -0.15) is 9.78 Å². The quantitative estimate of drug-likeness (QED) is 0.325. The summed E-state index contributed by atoms with van der Waals surface area (Å²) >= 11 is 3.41. The smallest absolute Gasteiger partial charge is 0.347 e. The highest BCUT2D eigenvalue weighted by Crippen LogP contribution is 2.21. The molecular weight excluding hydrogens is 474 g/mol. The molecule has 0 amide bonds. The predicted molar refractivity (Wildman–Crippen MR) is 129 cm³/mol. The molecule has 0 saturated heterocycles. The van der Waals surface area contributed by atoms with Crippen LogP contribution in [0.2, 0.25) is 0 Å². The fourth-order valence-electron chi connectivity index (χ4n) is 3.05. The third kappa shape index (κ3) is 5.43. The molecule has 0 saturated carbocycles. The number of nitrogens with zero attached hydrogens (tertiary/aromatic N) is 3. The Balaban J connectivity index is 1.90. The number of benzene rings is 2. The highest BCUT2D eigenvalue weighted by Gasteiger charge is 2.16. The van der Waals surface area contributed by atoms with Gasteiger partial charge in [-0.05, 0) is 68.3 Å². The molecule has 0 fully saturated rings. The molecule has 32 heavy (non-hydrogen) atoms. The van der Waals surface area contributed by atoms with E-state index < -0.39 is 12.1 Å². The average molecular weight is 500 g/mol. The van der Waals surface area contributed by atoms with Crippen molar-refractivity contribution in [3.63, 3.8) is 0 Å². The molecule has 0 bridgehead atoms. The van der Waals surface area contributed by atoms with E-state index in [0.717, 1.165) is 16.5 Å². The van der Waals surface area contributed by atoms with Crippen LogP contribution in [0.4, 0.5) is 0 Å². The van der Waals surface area contributed by atoms with Crippen molar-refractivity contribution in [3.05, 3.63) is 68.7 Å². The van der Waals surface area contributed by atoms with Crippen molar-refractivity contribution in [2.75, 3.05) is 6.61 Å². The number of ether oxygens (including phenoxy) is 2. The van der Waals surface area contributed by atoms with Crippen molar-refractivity contribution in [3.8, 4) is 5.75 Å². The Morgan fingerprint density at radius 3 is 2.56 bits per heavy atom. The van der Waals surface area contributed by atoms with Gasteiger partial charge in [-0.15, -0.1) is 0 Å². The van der Waals surface area contributed by atoms with Crippen molar-refractivity contribution < 1.29 is 14.3 Å². The Bertz CT molecular complexity index is 1190. The second kappa shape index (κ2) is 10.5. The number of aromatic nitrogens is 2. The van der Waals surface area contributed by atoms with Crippen LogP contribution in [0.3, 0.4) is 0 Å². The van der Waals surface area contributed by atoms with E-state index in [2.05, 4.69) is 21.0 Å². The molecule has 168 valence electrons. The van der Waals surface area contributed by atoms with E-state index >= 15 is 0 Å². The van der Waals surface area contributed by atoms with Crippen molar-refractivity contribution in [2.24, 2.45) is 5.10 Å². The maximum absolute atomic E-state index is 13.2. The molecule has 0 radical (unpaired) electrons. The molecule has 0 aliphatic heterocycles. The molecule has 1 aromatic heterocycles. The van der Waals surface area contributed by atoms with Crippen molar-refractivity contribution in [1.29, 1.82) is 0 Å². The molecule has 0 aliphatic carbocycles. The van der Waals surface area contributed by atoms with Crippen LogP contribution in [0.5, 0.6) is 5.75 Å². The summed E-state index contributed by atoms with van der Waals surface area (Å²) in [6.45, 7) is 7.77. The van der Waals surface area contributed by atoms with Crippen LogP contribution in [0, 0.1) is 0 Å². The highest BCUT2D eigenvalue weighted by molar-refractivity contribution is 9.10. The minimum absolute atomic E-state index is 0.0630. The van der Waals surface area contributed by atoms with Gasteiger partial charge in [0.1, 0.15) is 11.6 Å². The molecule has 8 heteroatoms. The topological polar surface area (TPSA) is 82.8 Å². The summed E-state index contributed by atoms with van der Waals surface area (Å²) in [6.07, 6.45) is 1.74. The summed E-state index contributed by atoms with van der Waals surface area (Å²) in [5, 5.41) is 4.95. The lowest BCUT2D eigenvalue weighted by molar-refractivity contribution is -0.150. The number of fused-ring (bicyclic) bond motifs is 1. The number of carbonyl (C=O) groups excluding carboxylic acids is 1. The molecular formula is C24H26BrN3O4. The SMILES string of the molecule is CCOC(=O)[C@@H](C)Oc1ccc(C=Nn2c([C@@H](C)CC)nc3ccc(Br)cc3c2=O)cc1. The number of halogens is 1. The standard InChI is InChI=1S/C24H26BrN3O4/c1-5-15(3)22-27-21-12-9-18(25)13-20(21)23(29)28(22)26-14-17-7-10-19(11-8-17)32-16(4)24(30)31-6-2/h7-16H,5-6H2,1-4H3/t15-,16+/m0/s1. The first-order chi connectivity index (χ1) is 15.3. The summed E-state index contributed by atoms with van der Waals surface area (Å²) < 4.78 is 12.7. The Labute approximate surface area is 195 Å². The van der Waals surface area contributed by atoms with Gasteiger partial charge in [0, 0.05) is 10.4 Å². The number of rotatable bonds is 8. The molecule has 2 atom stereocenters. The lowest BCUT2D eigenvalue weighted by Gasteiger charge is -2.14. The number of hydrogen-bond acceptors (Lipinski definition) is 6. The highest BCUT2D eigenvalue weighted by atomic mass is 79.9. The van der Waals surface area contributed by atoms with Gasteiger partial charge < -0.3 is 9.47 Å². The van der Waals surface area contributed by atoms with Crippen LogP contribution in [0.15, 0.2) is 56.8 Å². The molecule has 1 heterocycles. The third-order valence-corrected chi connectivity index (χ3v) is 5.51. The largest absolute Gasteiger partial charge is 0.479 e. The van der Waals surface area contributed by atoms with Gasteiger partial charge in [-0.25, -0.2) is 9.78 Å². The van der Waals surface area contributed by atoms with Gasteiger partial charge in [0.2, 0.25) is 0 Å². The second-order valence-corrected chi connectivity index (χ2v) is 8.30. The zero-order chi connectivity index (χ0) is 23.3. The first kappa shape index (κ1) is 23.7. The van der Waals surface area contributed by atoms with Crippen molar-refractivity contribution >= 4 is 39.0 Å². The zero-order valence-corrected chi connectivity index (χ0v) is 20.1. The minimum Gasteiger partial charge on any atom is -0.479 e. The Morgan fingerprint density at radius 2 is 1.91 bits per heavy atom. The summed E-state index contributed by atoms with van der Waals surface area (Å²) in [6, 6.07) is 12.5. The van der Waals surface area contributed by atoms with E-state index in [1.54, 1.807) is 50.4 Å². The van der Waals surface area contributed by atoms with Gasteiger partial charge in [0.15, 0.2) is 6.10 Å². The van der Waals surface area contributed by atoms with E-state index in [-0.39, 0.29) is 11.5 Å². The zero-order valence-electron chi connectivity index (χ0n) is 18.5. The van der Waals surface area contributed by atoms with Crippen LogP contribution < -0.4 is 10.3 Å². The molecule has 0 aliphatic rings. The van der Waals surface area contributed by atoms with E-state index in [9.17, 15) is 9.59 Å². The van der Waals surface area contributed by atoms with E-state index in [4.69, 9.17) is 14.5 Å². The molecule has 0 spiro atoms. The van der Waals surface area contributed by atoms with Gasteiger partial charge in [-0.1, -0.05) is 29.8 Å². The number of esters is 1.